The average molecular weight is 250 g/mol. The van der Waals surface area contributed by atoms with Gasteiger partial charge in [-0.3, -0.25) is 0 Å². The SMILES string of the molecule is C1CCC(CNCCN2CC3CCCC3C2)CC1. The van der Waals surface area contributed by atoms with Gasteiger partial charge in [-0.05, 0) is 50.0 Å². The lowest BCUT2D eigenvalue weighted by atomic mass is 9.89. The Morgan fingerprint density at radius 1 is 0.833 bits per heavy atom. The molecule has 2 unspecified atom stereocenters. The highest BCUT2D eigenvalue weighted by molar-refractivity contribution is 4.88. The lowest BCUT2D eigenvalue weighted by molar-refractivity contribution is 0.295. The van der Waals surface area contributed by atoms with Gasteiger partial charge in [0.15, 0.2) is 0 Å². The minimum absolute atomic E-state index is 0.983. The highest BCUT2D eigenvalue weighted by Gasteiger charge is 2.35. The van der Waals surface area contributed by atoms with Crippen molar-refractivity contribution in [3.63, 3.8) is 0 Å². The fourth-order valence-corrected chi connectivity index (χ4v) is 4.45. The Morgan fingerprint density at radius 3 is 2.28 bits per heavy atom. The third-order valence-electron chi connectivity index (χ3n) is 5.56. The fraction of sp³-hybridized carbons (Fsp3) is 1.00. The van der Waals surface area contributed by atoms with Gasteiger partial charge < -0.3 is 10.2 Å². The van der Waals surface area contributed by atoms with Gasteiger partial charge in [0.25, 0.3) is 0 Å². The van der Waals surface area contributed by atoms with Crippen molar-refractivity contribution >= 4 is 0 Å². The summed E-state index contributed by atoms with van der Waals surface area (Å²) in [6.45, 7) is 6.59. The van der Waals surface area contributed by atoms with Crippen LogP contribution in [0.15, 0.2) is 0 Å². The van der Waals surface area contributed by atoms with Gasteiger partial charge in [0.1, 0.15) is 0 Å². The molecule has 0 spiro atoms. The van der Waals surface area contributed by atoms with Crippen molar-refractivity contribution in [1.29, 1.82) is 0 Å². The molecule has 0 aromatic heterocycles. The van der Waals surface area contributed by atoms with Gasteiger partial charge in [0.05, 0.1) is 0 Å². The van der Waals surface area contributed by atoms with E-state index in [1.54, 1.807) is 0 Å². The second-order valence-electron chi connectivity index (χ2n) is 6.92. The first kappa shape index (κ1) is 12.9. The summed E-state index contributed by atoms with van der Waals surface area (Å²) >= 11 is 0. The lowest BCUT2D eigenvalue weighted by Gasteiger charge is -2.23. The summed E-state index contributed by atoms with van der Waals surface area (Å²) < 4.78 is 0. The number of nitrogens with zero attached hydrogens (tertiary/aromatic N) is 1. The molecule has 2 saturated carbocycles. The maximum atomic E-state index is 3.71. The van der Waals surface area contributed by atoms with E-state index >= 15 is 0 Å². The first-order valence-corrected chi connectivity index (χ1v) is 8.35. The predicted octanol–water partition coefficient (Wildman–Crippen LogP) is 2.89. The first-order valence-electron chi connectivity index (χ1n) is 8.35. The van der Waals surface area contributed by atoms with Crippen molar-refractivity contribution in [3.05, 3.63) is 0 Å². The second kappa shape index (κ2) is 6.38. The highest BCUT2D eigenvalue weighted by atomic mass is 15.2. The van der Waals surface area contributed by atoms with E-state index in [1.165, 1.54) is 84.1 Å². The van der Waals surface area contributed by atoms with Crippen LogP contribution in [-0.2, 0) is 0 Å². The van der Waals surface area contributed by atoms with Crippen LogP contribution in [0.4, 0.5) is 0 Å². The van der Waals surface area contributed by atoms with Crippen molar-refractivity contribution in [3.8, 4) is 0 Å². The molecule has 0 amide bonds. The summed E-state index contributed by atoms with van der Waals surface area (Å²) in [7, 11) is 0. The van der Waals surface area contributed by atoms with Gasteiger partial charge in [0, 0.05) is 26.2 Å². The van der Waals surface area contributed by atoms with Gasteiger partial charge in [0.2, 0.25) is 0 Å². The van der Waals surface area contributed by atoms with Crippen molar-refractivity contribution in [2.45, 2.75) is 51.4 Å². The molecule has 18 heavy (non-hydrogen) atoms. The van der Waals surface area contributed by atoms with E-state index in [4.69, 9.17) is 0 Å². The lowest BCUT2D eigenvalue weighted by Crippen LogP contribution is -2.33. The Kier molecular flexibility index (Phi) is 4.58. The molecule has 0 aromatic rings. The second-order valence-corrected chi connectivity index (χ2v) is 6.92. The molecular weight excluding hydrogens is 220 g/mol. The number of fused-ring (bicyclic) bond motifs is 1. The number of hydrogen-bond donors (Lipinski definition) is 1. The zero-order valence-corrected chi connectivity index (χ0v) is 11.9. The Morgan fingerprint density at radius 2 is 1.56 bits per heavy atom. The van der Waals surface area contributed by atoms with Crippen molar-refractivity contribution < 1.29 is 0 Å². The van der Waals surface area contributed by atoms with Gasteiger partial charge >= 0.3 is 0 Å². The van der Waals surface area contributed by atoms with Crippen LogP contribution < -0.4 is 5.32 Å². The summed E-state index contributed by atoms with van der Waals surface area (Å²) in [5.41, 5.74) is 0. The first-order chi connectivity index (χ1) is 8.92. The quantitative estimate of drug-likeness (QED) is 0.755. The molecule has 3 rings (SSSR count). The van der Waals surface area contributed by atoms with Crippen LogP contribution in [0.25, 0.3) is 0 Å². The van der Waals surface area contributed by atoms with Gasteiger partial charge in [-0.25, -0.2) is 0 Å². The minimum Gasteiger partial charge on any atom is -0.315 e. The summed E-state index contributed by atoms with van der Waals surface area (Å²) in [5.74, 6) is 3.10. The molecule has 2 atom stereocenters. The largest absolute Gasteiger partial charge is 0.315 e. The molecule has 1 aliphatic heterocycles. The standard InChI is InChI=1S/C16H30N2/c1-2-5-14(6-3-1)11-17-9-10-18-12-15-7-4-8-16(15)13-18/h14-17H,1-13H2. The highest BCUT2D eigenvalue weighted by Crippen LogP contribution is 2.37. The third-order valence-corrected chi connectivity index (χ3v) is 5.56. The maximum Gasteiger partial charge on any atom is 0.0107 e. The minimum atomic E-state index is 0.983. The Bertz CT molecular complexity index is 235. The van der Waals surface area contributed by atoms with E-state index in [-0.39, 0.29) is 0 Å². The van der Waals surface area contributed by atoms with E-state index in [1.807, 2.05) is 0 Å². The van der Waals surface area contributed by atoms with Crippen LogP contribution in [0.2, 0.25) is 0 Å². The molecule has 0 aromatic carbocycles. The topological polar surface area (TPSA) is 15.3 Å². The Labute approximate surface area is 113 Å². The molecule has 1 heterocycles. The van der Waals surface area contributed by atoms with Crippen molar-refractivity contribution in [2.75, 3.05) is 32.7 Å². The molecule has 104 valence electrons. The third kappa shape index (κ3) is 3.27. The number of hydrogen-bond acceptors (Lipinski definition) is 2. The van der Waals surface area contributed by atoms with Crippen LogP contribution in [0.3, 0.4) is 0 Å². The molecule has 2 aliphatic carbocycles. The zero-order chi connectivity index (χ0) is 12.2. The zero-order valence-electron chi connectivity index (χ0n) is 11.9. The smallest absolute Gasteiger partial charge is 0.0107 e. The van der Waals surface area contributed by atoms with Crippen LogP contribution in [0.1, 0.15) is 51.4 Å². The van der Waals surface area contributed by atoms with Crippen LogP contribution in [0, 0.1) is 17.8 Å². The van der Waals surface area contributed by atoms with Crippen molar-refractivity contribution in [2.24, 2.45) is 17.8 Å². The van der Waals surface area contributed by atoms with E-state index in [9.17, 15) is 0 Å². The number of likely N-dealkylation sites (tertiary alicyclic amines) is 1. The number of rotatable bonds is 5. The average Bonchev–Trinajstić information content (AvgIpc) is 2.96. The Hall–Kier alpha value is -0.0800. The Balaban J connectivity index is 1.26. The monoisotopic (exact) mass is 250 g/mol. The van der Waals surface area contributed by atoms with E-state index in [2.05, 4.69) is 10.2 Å². The van der Waals surface area contributed by atoms with Crippen LogP contribution >= 0.6 is 0 Å². The number of nitrogens with one attached hydrogen (secondary N) is 1. The molecule has 1 saturated heterocycles. The molecule has 0 bridgehead atoms. The molecule has 2 heteroatoms. The molecular formula is C16H30N2. The summed E-state index contributed by atoms with van der Waals surface area (Å²) in [6.07, 6.45) is 11.9. The molecule has 0 radical (unpaired) electrons. The van der Waals surface area contributed by atoms with Crippen molar-refractivity contribution in [1.82, 2.24) is 10.2 Å². The van der Waals surface area contributed by atoms with E-state index in [0.29, 0.717) is 0 Å². The molecule has 2 nitrogen and oxygen atoms in total. The predicted molar refractivity (Wildman–Crippen MR) is 76.7 cm³/mol. The van der Waals surface area contributed by atoms with E-state index in [0.717, 1.165) is 17.8 Å². The van der Waals surface area contributed by atoms with Gasteiger partial charge in [-0.2, -0.15) is 0 Å². The fourth-order valence-electron chi connectivity index (χ4n) is 4.45. The summed E-state index contributed by atoms with van der Waals surface area (Å²) in [5, 5.41) is 3.71. The van der Waals surface area contributed by atoms with Crippen LogP contribution in [0.5, 0.6) is 0 Å². The van der Waals surface area contributed by atoms with Gasteiger partial charge in [-0.15, -0.1) is 0 Å². The molecule has 1 N–H and O–H groups in total. The van der Waals surface area contributed by atoms with Crippen LogP contribution in [-0.4, -0.2) is 37.6 Å². The molecule has 3 aliphatic rings. The summed E-state index contributed by atoms with van der Waals surface area (Å²) in [4.78, 5) is 2.71. The van der Waals surface area contributed by atoms with E-state index < -0.39 is 0 Å². The van der Waals surface area contributed by atoms with Gasteiger partial charge in [-0.1, -0.05) is 25.7 Å². The summed E-state index contributed by atoms with van der Waals surface area (Å²) in [6, 6.07) is 0. The maximum absolute atomic E-state index is 3.71. The normalized spacial score (nSPS) is 34.0. The molecule has 3 fully saturated rings.